The summed E-state index contributed by atoms with van der Waals surface area (Å²) in [7, 11) is -2.13. The summed E-state index contributed by atoms with van der Waals surface area (Å²) in [5.41, 5.74) is 0.720. The molecule has 0 aromatic carbocycles. The molecule has 0 aliphatic carbocycles. The summed E-state index contributed by atoms with van der Waals surface area (Å²) < 4.78 is 28.0. The highest BCUT2D eigenvalue weighted by atomic mass is 79.9. The number of hydrogen-bond donors (Lipinski definition) is 2. The third-order valence-electron chi connectivity index (χ3n) is 2.57. The Morgan fingerprint density at radius 1 is 1.25 bits per heavy atom. The van der Waals surface area contributed by atoms with Crippen LogP contribution in [0.15, 0.2) is 40.0 Å². The fourth-order valence-electron chi connectivity index (χ4n) is 1.62. The molecule has 0 spiro atoms. The Labute approximate surface area is 125 Å². The second-order valence-corrected chi connectivity index (χ2v) is 6.59. The number of rotatable bonds is 4. The summed E-state index contributed by atoms with van der Waals surface area (Å²) in [6.07, 6.45) is 3.06. The van der Waals surface area contributed by atoms with Gasteiger partial charge in [0.1, 0.15) is 16.5 Å². The van der Waals surface area contributed by atoms with Crippen molar-refractivity contribution in [1.82, 2.24) is 9.97 Å². The number of aromatic nitrogens is 2. The van der Waals surface area contributed by atoms with Crippen LogP contribution in [0.4, 0.5) is 11.6 Å². The van der Waals surface area contributed by atoms with Gasteiger partial charge >= 0.3 is 0 Å². The van der Waals surface area contributed by atoms with E-state index in [9.17, 15) is 8.42 Å². The van der Waals surface area contributed by atoms with Crippen LogP contribution < -0.4 is 10.0 Å². The first kappa shape index (κ1) is 14.7. The molecule has 0 amide bonds. The lowest BCUT2D eigenvalue weighted by atomic mass is 10.3. The Morgan fingerprint density at radius 2 is 2.00 bits per heavy atom. The van der Waals surface area contributed by atoms with E-state index in [1.54, 1.807) is 26.1 Å². The van der Waals surface area contributed by atoms with Gasteiger partial charge in [0.15, 0.2) is 0 Å². The summed E-state index contributed by atoms with van der Waals surface area (Å²) in [6, 6.07) is 4.83. The van der Waals surface area contributed by atoms with Crippen LogP contribution >= 0.6 is 15.9 Å². The Balaban J connectivity index is 2.41. The van der Waals surface area contributed by atoms with E-state index in [1.807, 2.05) is 0 Å². The van der Waals surface area contributed by atoms with Gasteiger partial charge in [-0.3, -0.25) is 4.72 Å². The highest BCUT2D eigenvalue weighted by molar-refractivity contribution is 9.10. The Bertz CT molecular complexity index is 734. The molecule has 0 unspecified atom stereocenters. The lowest BCUT2D eigenvalue weighted by Crippen LogP contribution is -2.16. The van der Waals surface area contributed by atoms with Crippen molar-refractivity contribution in [2.45, 2.75) is 11.8 Å². The number of nitrogens with zero attached hydrogens (tertiary/aromatic N) is 2. The highest BCUT2D eigenvalue weighted by Gasteiger charge is 2.20. The van der Waals surface area contributed by atoms with Gasteiger partial charge in [-0.15, -0.1) is 0 Å². The molecule has 20 heavy (non-hydrogen) atoms. The number of aryl methyl sites for hydroxylation is 1. The molecule has 0 saturated heterocycles. The van der Waals surface area contributed by atoms with Crippen molar-refractivity contribution >= 4 is 37.6 Å². The van der Waals surface area contributed by atoms with Crippen molar-refractivity contribution in [3.8, 4) is 0 Å². The number of anilines is 2. The van der Waals surface area contributed by atoms with Gasteiger partial charge in [-0.1, -0.05) is 0 Å². The van der Waals surface area contributed by atoms with E-state index in [2.05, 4.69) is 35.9 Å². The molecule has 0 radical (unpaired) electrons. The molecule has 2 rings (SSSR count). The van der Waals surface area contributed by atoms with Crippen LogP contribution in [-0.2, 0) is 10.0 Å². The highest BCUT2D eigenvalue weighted by Crippen LogP contribution is 2.23. The van der Waals surface area contributed by atoms with Crippen molar-refractivity contribution < 1.29 is 8.42 Å². The first-order chi connectivity index (χ1) is 9.44. The standard InChI is InChI=1S/C12H13BrN4O2S/c1-8-6-9(13)7-16-11(8)17-20(18,19)10-4-3-5-15-12(10)14-2/h3-7H,1-2H3,(H,14,15)(H,16,17). The average Bonchev–Trinajstić information content (AvgIpc) is 2.42. The third-order valence-corrected chi connectivity index (χ3v) is 4.38. The van der Waals surface area contributed by atoms with Crippen LogP contribution in [0.1, 0.15) is 5.56 Å². The van der Waals surface area contributed by atoms with Crippen LogP contribution in [-0.4, -0.2) is 25.4 Å². The average molecular weight is 357 g/mol. The smallest absolute Gasteiger partial charge is 0.266 e. The second kappa shape index (κ2) is 5.76. The van der Waals surface area contributed by atoms with Crippen molar-refractivity contribution in [3.63, 3.8) is 0 Å². The number of sulfonamides is 1. The number of hydrogen-bond acceptors (Lipinski definition) is 5. The molecule has 0 bridgehead atoms. The van der Waals surface area contributed by atoms with E-state index in [0.717, 1.165) is 10.0 Å². The van der Waals surface area contributed by atoms with E-state index in [0.29, 0.717) is 5.82 Å². The minimum Gasteiger partial charge on any atom is -0.372 e. The van der Waals surface area contributed by atoms with Gasteiger partial charge in [0.2, 0.25) is 0 Å². The van der Waals surface area contributed by atoms with Gasteiger partial charge in [-0.25, -0.2) is 18.4 Å². The second-order valence-electron chi connectivity index (χ2n) is 4.02. The molecule has 0 aliphatic heterocycles. The topological polar surface area (TPSA) is 84.0 Å². The largest absolute Gasteiger partial charge is 0.372 e. The molecule has 2 heterocycles. The molecule has 6 nitrogen and oxygen atoms in total. The summed E-state index contributed by atoms with van der Waals surface area (Å²) in [4.78, 5) is 8.13. The fourth-order valence-corrected chi connectivity index (χ4v) is 3.32. The zero-order chi connectivity index (χ0) is 14.8. The van der Waals surface area contributed by atoms with Crippen molar-refractivity contribution in [3.05, 3.63) is 40.6 Å². The molecule has 0 fully saturated rings. The Morgan fingerprint density at radius 3 is 2.65 bits per heavy atom. The van der Waals surface area contributed by atoms with Gasteiger partial charge < -0.3 is 5.32 Å². The summed E-state index contributed by atoms with van der Waals surface area (Å²) in [5.74, 6) is 0.578. The van der Waals surface area contributed by atoms with Crippen molar-refractivity contribution in [2.24, 2.45) is 0 Å². The predicted octanol–water partition coefficient (Wildman–Crippen LogP) is 2.39. The zero-order valence-corrected chi connectivity index (χ0v) is 13.3. The molecule has 0 saturated carbocycles. The first-order valence-electron chi connectivity index (χ1n) is 5.72. The minimum absolute atomic E-state index is 0.0756. The molecule has 106 valence electrons. The molecule has 2 aromatic rings. The maximum atomic E-state index is 12.4. The monoisotopic (exact) mass is 356 g/mol. The molecular weight excluding hydrogens is 344 g/mol. The van der Waals surface area contributed by atoms with Crippen molar-refractivity contribution in [2.75, 3.05) is 17.1 Å². The fraction of sp³-hybridized carbons (Fsp3) is 0.167. The first-order valence-corrected chi connectivity index (χ1v) is 7.99. The van der Waals surface area contributed by atoms with E-state index in [-0.39, 0.29) is 10.7 Å². The summed E-state index contributed by atoms with van der Waals surface area (Å²) in [6.45, 7) is 1.78. The van der Waals surface area contributed by atoms with Crippen LogP contribution in [0.5, 0.6) is 0 Å². The van der Waals surface area contributed by atoms with Crippen LogP contribution in [0, 0.1) is 6.92 Å². The molecular formula is C12H13BrN4O2S. The minimum atomic E-state index is -3.74. The maximum Gasteiger partial charge on any atom is 0.266 e. The normalized spacial score (nSPS) is 11.2. The third kappa shape index (κ3) is 3.07. The summed E-state index contributed by atoms with van der Waals surface area (Å²) in [5, 5.41) is 2.75. The predicted molar refractivity (Wildman–Crippen MR) is 81.3 cm³/mol. The van der Waals surface area contributed by atoms with E-state index >= 15 is 0 Å². The Kier molecular flexibility index (Phi) is 4.24. The maximum absolute atomic E-state index is 12.4. The van der Waals surface area contributed by atoms with Gasteiger partial charge in [-0.05, 0) is 46.6 Å². The van der Waals surface area contributed by atoms with Gasteiger partial charge in [0.25, 0.3) is 10.0 Å². The quantitative estimate of drug-likeness (QED) is 0.878. The number of halogens is 1. The lowest BCUT2D eigenvalue weighted by Gasteiger charge is -2.12. The van der Waals surface area contributed by atoms with E-state index in [1.165, 1.54) is 18.5 Å². The number of nitrogens with one attached hydrogen (secondary N) is 2. The Hall–Kier alpha value is -1.67. The van der Waals surface area contributed by atoms with E-state index < -0.39 is 10.0 Å². The van der Waals surface area contributed by atoms with Crippen LogP contribution in [0.25, 0.3) is 0 Å². The molecule has 0 aliphatic rings. The van der Waals surface area contributed by atoms with Crippen LogP contribution in [0.3, 0.4) is 0 Å². The van der Waals surface area contributed by atoms with E-state index in [4.69, 9.17) is 0 Å². The van der Waals surface area contributed by atoms with Gasteiger partial charge in [-0.2, -0.15) is 0 Å². The summed E-state index contributed by atoms with van der Waals surface area (Å²) >= 11 is 3.28. The molecule has 8 heteroatoms. The molecule has 2 aromatic heterocycles. The zero-order valence-electron chi connectivity index (χ0n) is 10.9. The van der Waals surface area contributed by atoms with Gasteiger partial charge in [0.05, 0.1) is 0 Å². The SMILES string of the molecule is CNc1ncccc1S(=O)(=O)Nc1ncc(Br)cc1C. The molecule has 2 N–H and O–H groups in total. The van der Waals surface area contributed by atoms with Gasteiger partial charge in [0, 0.05) is 23.9 Å². The number of pyridine rings is 2. The van der Waals surface area contributed by atoms with Crippen molar-refractivity contribution in [1.29, 1.82) is 0 Å². The van der Waals surface area contributed by atoms with Crippen LogP contribution in [0.2, 0.25) is 0 Å². The molecule has 0 atom stereocenters. The lowest BCUT2D eigenvalue weighted by molar-refractivity contribution is 0.601.